The maximum atomic E-state index is 5.61. The van der Waals surface area contributed by atoms with Gasteiger partial charge in [0.25, 0.3) is 0 Å². The summed E-state index contributed by atoms with van der Waals surface area (Å²) in [5.41, 5.74) is 5.74. The summed E-state index contributed by atoms with van der Waals surface area (Å²) in [4.78, 5) is 0. The number of nitrogens with one attached hydrogen (secondary N) is 1. The Balaban J connectivity index is 2.32. The van der Waals surface area contributed by atoms with Crippen LogP contribution in [0.1, 0.15) is 22.9 Å². The topological polar surface area (TPSA) is 73.1 Å². The molecule has 1 aromatic carbocycles. The Kier molecular flexibility index (Phi) is 3.86. The van der Waals surface area contributed by atoms with Gasteiger partial charge < -0.3 is 4.74 Å². The smallest absolute Gasteiger partial charge is 0.233 e. The molecule has 1 aromatic heterocycles. The van der Waals surface area contributed by atoms with Gasteiger partial charge in [-0.15, -0.1) is 10.2 Å². The summed E-state index contributed by atoms with van der Waals surface area (Å²) >= 11 is 0. The van der Waals surface area contributed by atoms with Gasteiger partial charge in [0.05, 0.1) is 18.8 Å². The van der Waals surface area contributed by atoms with Gasteiger partial charge in [-0.1, -0.05) is 29.8 Å². The molecule has 0 bridgehead atoms. The van der Waals surface area contributed by atoms with Crippen LogP contribution in [0, 0.1) is 6.92 Å². The molecule has 5 nitrogen and oxygen atoms in total. The minimum Gasteiger partial charge on any atom is -0.480 e. The highest BCUT2D eigenvalue weighted by Gasteiger charge is 2.14. The predicted molar refractivity (Wildman–Crippen MR) is 68.9 cm³/mol. The average Bonchev–Trinajstić information content (AvgIpc) is 2.40. The average molecular weight is 244 g/mol. The van der Waals surface area contributed by atoms with Gasteiger partial charge in [-0.2, -0.15) is 0 Å². The molecule has 2 rings (SSSR count). The monoisotopic (exact) mass is 244 g/mol. The van der Waals surface area contributed by atoms with Gasteiger partial charge in [-0.25, -0.2) is 5.43 Å². The van der Waals surface area contributed by atoms with Crippen LogP contribution in [0.5, 0.6) is 5.88 Å². The quantitative estimate of drug-likeness (QED) is 0.627. The van der Waals surface area contributed by atoms with E-state index in [9.17, 15) is 0 Å². The lowest BCUT2D eigenvalue weighted by Crippen LogP contribution is -2.29. The zero-order chi connectivity index (χ0) is 13.0. The molecule has 2 aromatic rings. The summed E-state index contributed by atoms with van der Waals surface area (Å²) in [6.07, 6.45) is 0. The summed E-state index contributed by atoms with van der Waals surface area (Å²) in [5.74, 6) is 6.09. The third-order valence-electron chi connectivity index (χ3n) is 2.71. The van der Waals surface area contributed by atoms with E-state index in [4.69, 9.17) is 10.6 Å². The molecule has 0 fully saturated rings. The van der Waals surface area contributed by atoms with E-state index in [0.29, 0.717) is 5.88 Å². The first kappa shape index (κ1) is 12.5. The highest BCUT2D eigenvalue weighted by Crippen LogP contribution is 2.20. The van der Waals surface area contributed by atoms with Crippen molar-refractivity contribution in [3.63, 3.8) is 0 Å². The number of hydrazine groups is 1. The first-order chi connectivity index (χ1) is 8.74. The first-order valence-electron chi connectivity index (χ1n) is 5.65. The molecule has 94 valence electrons. The van der Waals surface area contributed by atoms with Crippen molar-refractivity contribution in [3.8, 4) is 5.88 Å². The number of aromatic nitrogens is 2. The van der Waals surface area contributed by atoms with Gasteiger partial charge in [0, 0.05) is 6.07 Å². The number of aryl methyl sites for hydroxylation is 1. The minimum absolute atomic E-state index is 0.177. The summed E-state index contributed by atoms with van der Waals surface area (Å²) in [6.45, 7) is 2.04. The van der Waals surface area contributed by atoms with Crippen molar-refractivity contribution < 1.29 is 4.74 Å². The van der Waals surface area contributed by atoms with Crippen molar-refractivity contribution in [1.82, 2.24) is 15.6 Å². The van der Waals surface area contributed by atoms with Crippen LogP contribution in [0.25, 0.3) is 0 Å². The lowest BCUT2D eigenvalue weighted by molar-refractivity contribution is 0.390. The Morgan fingerprint density at radius 3 is 2.61 bits per heavy atom. The Labute approximate surface area is 106 Å². The number of nitrogens with zero attached hydrogens (tertiary/aromatic N) is 2. The van der Waals surface area contributed by atoms with Crippen molar-refractivity contribution >= 4 is 0 Å². The summed E-state index contributed by atoms with van der Waals surface area (Å²) in [6, 6.07) is 11.5. The first-order valence-corrected chi connectivity index (χ1v) is 5.65. The molecular weight excluding hydrogens is 228 g/mol. The molecule has 1 atom stereocenters. The van der Waals surface area contributed by atoms with E-state index in [1.165, 1.54) is 5.56 Å². The SMILES string of the molecule is COc1ccc(C(NN)c2cccc(C)c2)nn1. The number of benzene rings is 1. The van der Waals surface area contributed by atoms with Crippen LogP contribution in [-0.4, -0.2) is 17.3 Å². The molecule has 0 radical (unpaired) electrons. The Hall–Kier alpha value is -1.98. The Morgan fingerprint density at radius 2 is 2.06 bits per heavy atom. The van der Waals surface area contributed by atoms with Crippen molar-refractivity contribution in [2.75, 3.05) is 7.11 Å². The molecular formula is C13H16N4O. The van der Waals surface area contributed by atoms with Crippen LogP contribution < -0.4 is 16.0 Å². The lowest BCUT2D eigenvalue weighted by atomic mass is 10.0. The van der Waals surface area contributed by atoms with Crippen molar-refractivity contribution in [3.05, 3.63) is 53.2 Å². The fourth-order valence-electron chi connectivity index (χ4n) is 1.80. The van der Waals surface area contributed by atoms with Gasteiger partial charge >= 0.3 is 0 Å². The molecule has 5 heteroatoms. The highest BCUT2D eigenvalue weighted by molar-refractivity contribution is 5.31. The second-order valence-corrected chi connectivity index (χ2v) is 4.01. The molecule has 0 aliphatic carbocycles. The summed E-state index contributed by atoms with van der Waals surface area (Å²) < 4.78 is 4.98. The number of hydrogen-bond donors (Lipinski definition) is 2. The predicted octanol–water partition coefficient (Wildman–Crippen LogP) is 1.35. The third kappa shape index (κ3) is 2.64. The third-order valence-corrected chi connectivity index (χ3v) is 2.71. The molecule has 0 aliphatic heterocycles. The van der Waals surface area contributed by atoms with Crippen LogP contribution in [0.15, 0.2) is 36.4 Å². The number of ether oxygens (including phenoxy) is 1. The molecule has 0 saturated carbocycles. The fourth-order valence-corrected chi connectivity index (χ4v) is 1.80. The van der Waals surface area contributed by atoms with Crippen LogP contribution in [0.4, 0.5) is 0 Å². The van der Waals surface area contributed by atoms with Crippen molar-refractivity contribution in [1.29, 1.82) is 0 Å². The fraction of sp³-hybridized carbons (Fsp3) is 0.231. The highest BCUT2D eigenvalue weighted by atomic mass is 16.5. The standard InChI is InChI=1S/C13H16N4O/c1-9-4-3-5-10(8-9)13(15-14)11-6-7-12(18-2)17-16-11/h3-8,13,15H,14H2,1-2H3. The van der Waals surface area contributed by atoms with Crippen LogP contribution in [-0.2, 0) is 0 Å². The van der Waals surface area contributed by atoms with E-state index in [0.717, 1.165) is 11.3 Å². The van der Waals surface area contributed by atoms with E-state index in [-0.39, 0.29) is 6.04 Å². The lowest BCUT2D eigenvalue weighted by Gasteiger charge is -2.15. The zero-order valence-electron chi connectivity index (χ0n) is 10.4. The molecule has 0 spiro atoms. The molecule has 3 N–H and O–H groups in total. The van der Waals surface area contributed by atoms with Crippen molar-refractivity contribution in [2.24, 2.45) is 5.84 Å². The van der Waals surface area contributed by atoms with Crippen LogP contribution in [0.3, 0.4) is 0 Å². The largest absolute Gasteiger partial charge is 0.480 e. The number of methoxy groups -OCH3 is 1. The van der Waals surface area contributed by atoms with Gasteiger partial charge in [0.15, 0.2) is 0 Å². The normalized spacial score (nSPS) is 12.2. The summed E-state index contributed by atoms with van der Waals surface area (Å²) in [5, 5.41) is 8.06. The molecule has 1 unspecified atom stereocenters. The number of nitrogens with two attached hydrogens (primary N) is 1. The zero-order valence-corrected chi connectivity index (χ0v) is 10.4. The van der Waals surface area contributed by atoms with Gasteiger partial charge in [-0.3, -0.25) is 5.84 Å². The van der Waals surface area contributed by atoms with Crippen LogP contribution >= 0.6 is 0 Å². The summed E-state index contributed by atoms with van der Waals surface area (Å²) in [7, 11) is 1.56. The van der Waals surface area contributed by atoms with E-state index in [1.54, 1.807) is 13.2 Å². The number of hydrogen-bond acceptors (Lipinski definition) is 5. The van der Waals surface area contributed by atoms with E-state index >= 15 is 0 Å². The molecule has 1 heterocycles. The Bertz CT molecular complexity index is 513. The van der Waals surface area contributed by atoms with Gasteiger partial charge in [0.1, 0.15) is 0 Å². The molecule has 0 saturated heterocycles. The molecule has 18 heavy (non-hydrogen) atoms. The van der Waals surface area contributed by atoms with E-state index in [2.05, 4.69) is 21.7 Å². The van der Waals surface area contributed by atoms with E-state index in [1.807, 2.05) is 31.2 Å². The van der Waals surface area contributed by atoms with Gasteiger partial charge in [0.2, 0.25) is 5.88 Å². The molecule has 0 aliphatic rings. The van der Waals surface area contributed by atoms with Crippen molar-refractivity contribution in [2.45, 2.75) is 13.0 Å². The Morgan fingerprint density at radius 1 is 1.22 bits per heavy atom. The second-order valence-electron chi connectivity index (χ2n) is 4.01. The van der Waals surface area contributed by atoms with E-state index < -0.39 is 0 Å². The molecule has 0 amide bonds. The minimum atomic E-state index is -0.177. The second kappa shape index (κ2) is 5.57. The maximum absolute atomic E-state index is 5.61. The van der Waals surface area contributed by atoms with Gasteiger partial charge in [-0.05, 0) is 18.6 Å². The maximum Gasteiger partial charge on any atom is 0.233 e. The van der Waals surface area contributed by atoms with Crippen LogP contribution in [0.2, 0.25) is 0 Å². The number of rotatable bonds is 4.